The number of rotatable bonds is 1. The molecule has 1 atom stereocenters. The molecule has 88 valence electrons. The van der Waals surface area contributed by atoms with Crippen LogP contribution in [0.1, 0.15) is 22.8 Å². The first-order chi connectivity index (χ1) is 8.24. The Balaban J connectivity index is 2.01. The molecular weight excluding hydrogens is 214 g/mol. The summed E-state index contributed by atoms with van der Waals surface area (Å²) >= 11 is 0. The summed E-state index contributed by atoms with van der Waals surface area (Å²) in [6.07, 6.45) is 1.76. The first kappa shape index (κ1) is 10.4. The van der Waals surface area contributed by atoms with Crippen molar-refractivity contribution in [3.05, 3.63) is 53.5 Å². The van der Waals surface area contributed by atoms with Crippen molar-refractivity contribution in [2.24, 2.45) is 0 Å². The second kappa shape index (κ2) is 3.93. The molecule has 0 amide bonds. The van der Waals surface area contributed by atoms with Gasteiger partial charge < -0.3 is 9.52 Å². The zero-order chi connectivity index (χ0) is 11.8. The maximum absolute atomic E-state index is 9.33. The Morgan fingerprint density at radius 2 is 2.00 bits per heavy atom. The highest BCUT2D eigenvalue weighted by Crippen LogP contribution is 2.34. The highest BCUT2D eigenvalue weighted by atomic mass is 16.3. The van der Waals surface area contributed by atoms with E-state index in [0.717, 1.165) is 18.8 Å². The van der Waals surface area contributed by atoms with Crippen LogP contribution in [0.25, 0.3) is 0 Å². The molecule has 17 heavy (non-hydrogen) atoms. The molecule has 3 rings (SSSR count). The molecule has 2 aromatic rings. The Kier molecular flexibility index (Phi) is 2.41. The molecule has 0 bridgehead atoms. The minimum Gasteiger partial charge on any atom is -0.508 e. The quantitative estimate of drug-likeness (QED) is 0.816. The highest BCUT2D eigenvalue weighted by molar-refractivity contribution is 5.38. The third kappa shape index (κ3) is 1.83. The van der Waals surface area contributed by atoms with Crippen molar-refractivity contribution in [1.29, 1.82) is 0 Å². The monoisotopic (exact) mass is 229 g/mol. The topological polar surface area (TPSA) is 36.6 Å². The van der Waals surface area contributed by atoms with Crippen LogP contribution in [0, 0.1) is 0 Å². The molecule has 0 fully saturated rings. The van der Waals surface area contributed by atoms with Gasteiger partial charge in [-0.2, -0.15) is 0 Å². The van der Waals surface area contributed by atoms with E-state index in [2.05, 4.69) is 18.0 Å². The number of hydrogen-bond donors (Lipinski definition) is 1. The van der Waals surface area contributed by atoms with Crippen LogP contribution >= 0.6 is 0 Å². The van der Waals surface area contributed by atoms with Gasteiger partial charge in [0.25, 0.3) is 0 Å². The van der Waals surface area contributed by atoms with Gasteiger partial charge in [-0.1, -0.05) is 12.1 Å². The molecule has 1 aliphatic heterocycles. The predicted molar refractivity (Wildman–Crippen MR) is 65.0 cm³/mol. The Labute approximate surface area is 100 Å². The van der Waals surface area contributed by atoms with Gasteiger partial charge in [0.15, 0.2) is 0 Å². The lowest BCUT2D eigenvalue weighted by molar-refractivity contribution is 0.262. The maximum atomic E-state index is 9.33. The number of fused-ring (bicyclic) bond motifs is 1. The van der Waals surface area contributed by atoms with Crippen LogP contribution in [-0.4, -0.2) is 23.6 Å². The van der Waals surface area contributed by atoms with Gasteiger partial charge in [0, 0.05) is 18.0 Å². The second-order valence-electron chi connectivity index (χ2n) is 4.64. The van der Waals surface area contributed by atoms with Crippen molar-refractivity contribution in [3.63, 3.8) is 0 Å². The van der Waals surface area contributed by atoms with Crippen LogP contribution in [0.5, 0.6) is 5.75 Å². The Morgan fingerprint density at radius 3 is 2.76 bits per heavy atom. The molecule has 1 aromatic heterocycles. The van der Waals surface area contributed by atoms with Crippen LogP contribution in [0.2, 0.25) is 0 Å². The third-order valence-corrected chi connectivity index (χ3v) is 3.36. The fraction of sp³-hybridized carbons (Fsp3) is 0.286. The number of aromatic hydroxyl groups is 1. The fourth-order valence-corrected chi connectivity index (χ4v) is 2.50. The van der Waals surface area contributed by atoms with Crippen molar-refractivity contribution in [2.75, 3.05) is 13.6 Å². The maximum Gasteiger partial charge on any atom is 0.121 e. The summed E-state index contributed by atoms with van der Waals surface area (Å²) in [5, 5.41) is 9.33. The van der Waals surface area contributed by atoms with E-state index < -0.39 is 0 Å². The number of phenols is 1. The molecule has 0 aliphatic carbocycles. The van der Waals surface area contributed by atoms with E-state index >= 15 is 0 Å². The van der Waals surface area contributed by atoms with E-state index in [9.17, 15) is 5.11 Å². The fourth-order valence-electron chi connectivity index (χ4n) is 2.50. The summed E-state index contributed by atoms with van der Waals surface area (Å²) in [6, 6.07) is 9.50. The van der Waals surface area contributed by atoms with Gasteiger partial charge in [-0.25, -0.2) is 0 Å². The highest BCUT2D eigenvalue weighted by Gasteiger charge is 2.26. The van der Waals surface area contributed by atoms with Crippen molar-refractivity contribution in [2.45, 2.75) is 12.5 Å². The molecule has 3 nitrogen and oxygen atoms in total. The van der Waals surface area contributed by atoms with Gasteiger partial charge >= 0.3 is 0 Å². The molecule has 1 aromatic carbocycles. The molecule has 0 saturated heterocycles. The van der Waals surface area contributed by atoms with Crippen molar-refractivity contribution in [1.82, 2.24) is 4.90 Å². The summed E-state index contributed by atoms with van der Waals surface area (Å²) in [5.41, 5.74) is 2.49. The van der Waals surface area contributed by atoms with Crippen LogP contribution in [0.3, 0.4) is 0 Å². The summed E-state index contributed by atoms with van der Waals surface area (Å²) in [5.74, 6) is 1.70. The first-order valence-corrected chi connectivity index (χ1v) is 5.78. The number of furan rings is 1. The lowest BCUT2D eigenvalue weighted by atomic mass is 9.88. The van der Waals surface area contributed by atoms with Crippen molar-refractivity contribution >= 4 is 0 Å². The molecule has 1 aliphatic rings. The summed E-state index contributed by atoms with van der Waals surface area (Å²) < 4.78 is 5.51. The molecular formula is C14H15NO2. The summed E-state index contributed by atoms with van der Waals surface area (Å²) in [7, 11) is 2.10. The molecule has 0 spiro atoms. The van der Waals surface area contributed by atoms with E-state index in [1.807, 2.05) is 12.1 Å². The normalized spacial score (nSPS) is 20.2. The average Bonchev–Trinajstić information content (AvgIpc) is 2.77. The molecule has 3 heteroatoms. The van der Waals surface area contributed by atoms with Gasteiger partial charge in [-0.05, 0) is 30.8 Å². The van der Waals surface area contributed by atoms with Crippen LogP contribution in [-0.2, 0) is 6.54 Å². The van der Waals surface area contributed by atoms with Crippen molar-refractivity contribution in [3.8, 4) is 5.75 Å². The van der Waals surface area contributed by atoms with Gasteiger partial charge in [-0.15, -0.1) is 0 Å². The van der Waals surface area contributed by atoms with Crippen LogP contribution in [0.4, 0.5) is 0 Å². The van der Waals surface area contributed by atoms with Crippen LogP contribution < -0.4 is 0 Å². The van der Waals surface area contributed by atoms with E-state index in [1.54, 1.807) is 18.4 Å². The Morgan fingerprint density at radius 1 is 1.24 bits per heavy atom. The molecule has 0 radical (unpaired) electrons. The smallest absolute Gasteiger partial charge is 0.121 e. The lowest BCUT2D eigenvalue weighted by Gasteiger charge is -2.29. The number of nitrogens with zero attached hydrogens (tertiary/aromatic N) is 1. The number of benzene rings is 1. The predicted octanol–water partition coefficient (Wildman–Crippen LogP) is 2.56. The second-order valence-corrected chi connectivity index (χ2v) is 4.64. The lowest BCUT2D eigenvalue weighted by Crippen LogP contribution is -2.30. The van der Waals surface area contributed by atoms with Crippen molar-refractivity contribution < 1.29 is 9.52 Å². The Hall–Kier alpha value is -1.74. The third-order valence-electron chi connectivity index (χ3n) is 3.36. The molecule has 0 saturated carbocycles. The van der Waals surface area contributed by atoms with Gasteiger partial charge in [0.1, 0.15) is 11.5 Å². The zero-order valence-electron chi connectivity index (χ0n) is 9.76. The largest absolute Gasteiger partial charge is 0.508 e. The van der Waals surface area contributed by atoms with Gasteiger partial charge in [0.05, 0.1) is 12.8 Å². The summed E-state index contributed by atoms with van der Waals surface area (Å²) in [4.78, 5) is 2.25. The van der Waals surface area contributed by atoms with E-state index in [0.29, 0.717) is 11.7 Å². The van der Waals surface area contributed by atoms with E-state index in [4.69, 9.17) is 4.42 Å². The minimum absolute atomic E-state index is 0.310. The van der Waals surface area contributed by atoms with Gasteiger partial charge in [0.2, 0.25) is 0 Å². The number of hydrogen-bond acceptors (Lipinski definition) is 3. The first-order valence-electron chi connectivity index (χ1n) is 5.78. The minimum atomic E-state index is 0.310. The van der Waals surface area contributed by atoms with E-state index in [-0.39, 0.29) is 0 Å². The van der Waals surface area contributed by atoms with Gasteiger partial charge in [-0.3, -0.25) is 4.90 Å². The summed E-state index contributed by atoms with van der Waals surface area (Å²) in [6.45, 7) is 1.86. The SMILES string of the molecule is CN1Cc2occc2C(c2ccc(O)cc2)C1. The molecule has 1 unspecified atom stereocenters. The number of phenolic OH excluding ortho intramolecular Hbond substituents is 1. The average molecular weight is 229 g/mol. The molecule has 1 N–H and O–H groups in total. The molecule has 2 heterocycles. The standard InChI is InChI=1S/C14H15NO2/c1-15-8-13(10-2-4-11(16)5-3-10)12-6-7-17-14(12)9-15/h2-7,13,16H,8-9H2,1H3. The zero-order valence-corrected chi connectivity index (χ0v) is 9.76. The number of likely N-dealkylation sites (N-methyl/N-ethyl adjacent to an activating group) is 1. The Bertz CT molecular complexity index is 515. The van der Waals surface area contributed by atoms with E-state index in [1.165, 1.54) is 11.1 Å². The van der Waals surface area contributed by atoms with Crippen LogP contribution in [0.15, 0.2) is 41.0 Å².